The van der Waals surface area contributed by atoms with Gasteiger partial charge in [0.05, 0.1) is 0 Å². The van der Waals surface area contributed by atoms with Crippen LogP contribution < -0.4 is 5.32 Å². The fraction of sp³-hybridized carbons (Fsp3) is 0.261. The predicted octanol–water partition coefficient (Wildman–Crippen LogP) is 5.32. The fourth-order valence-electron chi connectivity index (χ4n) is 4.08. The number of rotatable bonds is 3. The van der Waals surface area contributed by atoms with Gasteiger partial charge in [-0.15, -0.1) is 11.3 Å². The third kappa shape index (κ3) is 3.01. The zero-order valence-corrected chi connectivity index (χ0v) is 16.8. The number of thiophene rings is 1. The zero-order valence-electron chi connectivity index (χ0n) is 16.0. The monoisotopic (exact) mass is 390 g/mol. The predicted molar refractivity (Wildman–Crippen MR) is 115 cm³/mol. The highest BCUT2D eigenvalue weighted by Crippen LogP contribution is 2.34. The van der Waals surface area contributed by atoms with E-state index in [0.29, 0.717) is 11.6 Å². The van der Waals surface area contributed by atoms with Gasteiger partial charge >= 0.3 is 0 Å². The maximum atomic E-state index is 12.7. The number of amides is 1. The van der Waals surface area contributed by atoms with E-state index in [9.17, 15) is 4.79 Å². The van der Waals surface area contributed by atoms with E-state index in [4.69, 9.17) is 4.42 Å². The van der Waals surface area contributed by atoms with Crippen molar-refractivity contribution in [2.75, 3.05) is 19.4 Å². The first-order valence-electron chi connectivity index (χ1n) is 9.58. The van der Waals surface area contributed by atoms with Crippen LogP contribution in [0.25, 0.3) is 21.1 Å². The number of furan rings is 1. The molecular weight excluding hydrogens is 368 g/mol. The molecule has 0 spiro atoms. The van der Waals surface area contributed by atoms with Gasteiger partial charge in [0, 0.05) is 39.4 Å². The number of anilines is 1. The molecule has 5 rings (SSSR count). The molecule has 1 unspecified atom stereocenters. The fourth-order valence-corrected chi connectivity index (χ4v) is 4.91. The molecule has 1 amide bonds. The number of aryl methyl sites for hydroxylation is 1. The largest absolute Gasteiger partial charge is 0.461 e. The Balaban J connectivity index is 1.44. The summed E-state index contributed by atoms with van der Waals surface area (Å²) in [4.78, 5) is 15.0. The molecule has 142 valence electrons. The highest BCUT2D eigenvalue weighted by atomic mass is 32.1. The van der Waals surface area contributed by atoms with Crippen molar-refractivity contribution < 1.29 is 9.21 Å². The summed E-state index contributed by atoms with van der Waals surface area (Å²) in [6, 6.07) is 14.4. The Morgan fingerprint density at radius 2 is 2.07 bits per heavy atom. The van der Waals surface area contributed by atoms with E-state index in [1.54, 1.807) is 11.3 Å². The second kappa shape index (κ2) is 6.76. The van der Waals surface area contributed by atoms with E-state index in [0.717, 1.165) is 46.4 Å². The molecule has 1 N–H and O–H groups in total. The molecule has 28 heavy (non-hydrogen) atoms. The minimum Gasteiger partial charge on any atom is -0.461 e. The normalized spacial score (nSPS) is 16.6. The standard InChI is InChI=1S/C23H22N2O2S/c1-25(2)17-6-8-21-19(13-17)18-12-16(5-7-20(18)27-21)24-23(26)15-4-3-14-9-10-28-22(14)11-15/h3-5,7,9-12,17H,6,8,13H2,1-2H3,(H,24,26). The van der Waals surface area contributed by atoms with Crippen LogP contribution in [0, 0.1) is 0 Å². The molecule has 2 aromatic heterocycles. The van der Waals surface area contributed by atoms with E-state index < -0.39 is 0 Å². The van der Waals surface area contributed by atoms with Gasteiger partial charge in [0.25, 0.3) is 5.91 Å². The summed E-state index contributed by atoms with van der Waals surface area (Å²) in [6.07, 6.45) is 3.08. The quantitative estimate of drug-likeness (QED) is 0.515. The molecule has 0 fully saturated rings. The van der Waals surface area contributed by atoms with Crippen LogP contribution in [-0.2, 0) is 12.8 Å². The second-order valence-electron chi connectivity index (χ2n) is 7.70. The Labute approximate surface area is 167 Å². The van der Waals surface area contributed by atoms with Crippen molar-refractivity contribution >= 4 is 44.0 Å². The van der Waals surface area contributed by atoms with Crippen molar-refractivity contribution in [3.63, 3.8) is 0 Å². The van der Waals surface area contributed by atoms with Crippen molar-refractivity contribution in [2.24, 2.45) is 0 Å². The van der Waals surface area contributed by atoms with E-state index in [1.165, 1.54) is 10.9 Å². The molecule has 1 aliphatic rings. The van der Waals surface area contributed by atoms with Crippen LogP contribution in [0.4, 0.5) is 5.69 Å². The first-order chi connectivity index (χ1) is 13.6. The third-order valence-corrected chi connectivity index (χ3v) is 6.60. The molecule has 1 aliphatic carbocycles. The smallest absolute Gasteiger partial charge is 0.255 e. The molecular formula is C23H22N2O2S. The first kappa shape index (κ1) is 17.5. The Morgan fingerprint density at radius 1 is 1.18 bits per heavy atom. The zero-order chi connectivity index (χ0) is 19.3. The number of likely N-dealkylation sites (N-methyl/N-ethyl adjacent to an activating group) is 1. The minimum absolute atomic E-state index is 0.0850. The van der Waals surface area contributed by atoms with Crippen LogP contribution in [0.1, 0.15) is 28.1 Å². The number of hydrogen-bond acceptors (Lipinski definition) is 4. The average molecular weight is 391 g/mol. The van der Waals surface area contributed by atoms with Crippen molar-refractivity contribution in [1.82, 2.24) is 4.90 Å². The van der Waals surface area contributed by atoms with Crippen LogP contribution in [0.5, 0.6) is 0 Å². The number of benzene rings is 2. The molecule has 2 aromatic carbocycles. The molecule has 0 saturated carbocycles. The summed E-state index contributed by atoms with van der Waals surface area (Å²) in [6.45, 7) is 0. The molecule has 4 aromatic rings. The first-order valence-corrected chi connectivity index (χ1v) is 10.5. The Bertz CT molecular complexity index is 1190. The van der Waals surface area contributed by atoms with E-state index in [2.05, 4.69) is 36.4 Å². The Morgan fingerprint density at radius 3 is 2.93 bits per heavy atom. The number of hydrogen-bond donors (Lipinski definition) is 1. The summed E-state index contributed by atoms with van der Waals surface area (Å²) >= 11 is 1.65. The molecule has 5 heteroatoms. The van der Waals surface area contributed by atoms with E-state index >= 15 is 0 Å². The number of nitrogens with zero attached hydrogens (tertiary/aromatic N) is 1. The van der Waals surface area contributed by atoms with Crippen LogP contribution in [0.3, 0.4) is 0 Å². The lowest BCUT2D eigenvalue weighted by molar-refractivity contribution is 0.102. The molecule has 0 bridgehead atoms. The number of fused-ring (bicyclic) bond motifs is 4. The van der Waals surface area contributed by atoms with Crippen molar-refractivity contribution in [3.8, 4) is 0 Å². The Hall–Kier alpha value is -2.63. The van der Waals surface area contributed by atoms with Crippen molar-refractivity contribution in [3.05, 3.63) is 64.7 Å². The minimum atomic E-state index is -0.0850. The Kier molecular flexibility index (Phi) is 4.22. The van der Waals surface area contributed by atoms with Gasteiger partial charge in [-0.05, 0) is 74.1 Å². The number of carbonyl (C=O) groups excluding carboxylic acids is 1. The molecule has 4 nitrogen and oxygen atoms in total. The van der Waals surface area contributed by atoms with Gasteiger partial charge < -0.3 is 14.6 Å². The van der Waals surface area contributed by atoms with Gasteiger partial charge in [-0.25, -0.2) is 0 Å². The van der Waals surface area contributed by atoms with Gasteiger partial charge in [-0.1, -0.05) is 6.07 Å². The van der Waals surface area contributed by atoms with Crippen molar-refractivity contribution in [2.45, 2.75) is 25.3 Å². The molecule has 2 heterocycles. The number of nitrogens with one attached hydrogen (secondary N) is 1. The van der Waals surface area contributed by atoms with Crippen molar-refractivity contribution in [1.29, 1.82) is 0 Å². The van der Waals surface area contributed by atoms with Crippen LogP contribution in [0.2, 0.25) is 0 Å². The maximum Gasteiger partial charge on any atom is 0.255 e. The summed E-state index contributed by atoms with van der Waals surface area (Å²) < 4.78 is 7.20. The SMILES string of the molecule is CN(C)C1CCc2oc3ccc(NC(=O)c4ccc5ccsc5c4)cc3c2C1. The van der Waals surface area contributed by atoms with E-state index in [1.807, 2.05) is 35.7 Å². The molecule has 0 aliphatic heterocycles. The molecule has 1 atom stereocenters. The topological polar surface area (TPSA) is 45.5 Å². The third-order valence-electron chi connectivity index (χ3n) is 5.73. The summed E-state index contributed by atoms with van der Waals surface area (Å²) in [7, 11) is 4.27. The van der Waals surface area contributed by atoms with Gasteiger partial charge in [0.15, 0.2) is 0 Å². The van der Waals surface area contributed by atoms with Crippen LogP contribution >= 0.6 is 11.3 Å². The average Bonchev–Trinajstić information content (AvgIpc) is 3.30. The van der Waals surface area contributed by atoms with Crippen LogP contribution in [0.15, 0.2) is 52.3 Å². The molecule has 0 radical (unpaired) electrons. The highest BCUT2D eigenvalue weighted by molar-refractivity contribution is 7.17. The van der Waals surface area contributed by atoms with Gasteiger partial charge in [-0.3, -0.25) is 4.79 Å². The summed E-state index contributed by atoms with van der Waals surface area (Å²) in [5.74, 6) is 1.01. The lowest BCUT2D eigenvalue weighted by Crippen LogP contribution is -2.33. The van der Waals surface area contributed by atoms with E-state index in [-0.39, 0.29) is 5.91 Å². The van der Waals surface area contributed by atoms with Gasteiger partial charge in [0.2, 0.25) is 0 Å². The van der Waals surface area contributed by atoms with Gasteiger partial charge in [-0.2, -0.15) is 0 Å². The van der Waals surface area contributed by atoms with Crippen LogP contribution in [-0.4, -0.2) is 30.9 Å². The lowest BCUT2D eigenvalue weighted by Gasteiger charge is -2.27. The summed E-state index contributed by atoms with van der Waals surface area (Å²) in [5.41, 5.74) is 3.68. The summed E-state index contributed by atoms with van der Waals surface area (Å²) in [5, 5.41) is 7.38. The lowest BCUT2D eigenvalue weighted by atomic mass is 9.91. The maximum absolute atomic E-state index is 12.7. The number of carbonyl (C=O) groups is 1. The second-order valence-corrected chi connectivity index (χ2v) is 8.65. The van der Waals surface area contributed by atoms with Gasteiger partial charge in [0.1, 0.15) is 11.3 Å². The highest BCUT2D eigenvalue weighted by Gasteiger charge is 2.25. The molecule has 0 saturated heterocycles.